The Bertz CT molecular complexity index is 1190. The minimum absolute atomic E-state index is 0.0857. The Morgan fingerprint density at radius 2 is 1.97 bits per heavy atom. The number of rotatable bonds is 8. The predicted molar refractivity (Wildman–Crippen MR) is 130 cm³/mol. The van der Waals surface area contributed by atoms with E-state index in [1.807, 2.05) is 31.2 Å². The maximum Gasteiger partial charge on any atom is 0.274 e. The van der Waals surface area contributed by atoms with Crippen LogP contribution >= 0.6 is 27.5 Å². The number of aromatic nitrogens is 1. The highest BCUT2D eigenvalue weighted by molar-refractivity contribution is 9.10. The molecular formula is C23H20BrClN4O4. The van der Waals surface area contributed by atoms with E-state index in [9.17, 15) is 9.59 Å². The molecule has 0 fully saturated rings. The van der Waals surface area contributed by atoms with Crippen LogP contribution in [0, 0.1) is 6.92 Å². The third kappa shape index (κ3) is 6.77. The van der Waals surface area contributed by atoms with Crippen molar-refractivity contribution in [3.63, 3.8) is 0 Å². The minimum atomic E-state index is -0.491. The highest BCUT2D eigenvalue weighted by Gasteiger charge is 2.14. The number of aryl methyl sites for hydroxylation is 1. The number of nitrogens with zero attached hydrogens (tertiary/aromatic N) is 2. The maximum absolute atomic E-state index is 12.2. The van der Waals surface area contributed by atoms with Gasteiger partial charge in [0.25, 0.3) is 11.8 Å². The SMILES string of the molecule is COc1cc(C=NNC(=O)c2cccnc2Cl)cc(Br)c1OCC(=O)Nc1ccc(C)cc1. The van der Waals surface area contributed by atoms with E-state index in [4.69, 9.17) is 21.1 Å². The van der Waals surface area contributed by atoms with Crippen LogP contribution in [0.1, 0.15) is 21.5 Å². The van der Waals surface area contributed by atoms with E-state index >= 15 is 0 Å². The van der Waals surface area contributed by atoms with Crippen molar-refractivity contribution < 1.29 is 19.1 Å². The Balaban J connectivity index is 1.63. The Morgan fingerprint density at radius 3 is 2.67 bits per heavy atom. The van der Waals surface area contributed by atoms with Gasteiger partial charge in [-0.25, -0.2) is 10.4 Å². The molecule has 2 N–H and O–H groups in total. The van der Waals surface area contributed by atoms with Crippen LogP contribution in [-0.4, -0.2) is 36.7 Å². The first-order valence-electron chi connectivity index (χ1n) is 9.68. The summed E-state index contributed by atoms with van der Waals surface area (Å²) in [5.74, 6) is -0.0550. The zero-order chi connectivity index (χ0) is 23.8. The fourth-order valence-electron chi connectivity index (χ4n) is 2.71. The smallest absolute Gasteiger partial charge is 0.274 e. The van der Waals surface area contributed by atoms with Gasteiger partial charge in [-0.05, 0) is 64.8 Å². The molecule has 0 unspecified atom stereocenters. The summed E-state index contributed by atoms with van der Waals surface area (Å²) in [4.78, 5) is 28.2. The molecule has 0 saturated carbocycles. The van der Waals surface area contributed by atoms with Crippen molar-refractivity contribution in [2.75, 3.05) is 19.0 Å². The second-order valence-electron chi connectivity index (χ2n) is 6.78. The summed E-state index contributed by atoms with van der Waals surface area (Å²) in [6.45, 7) is 1.76. The van der Waals surface area contributed by atoms with Crippen molar-refractivity contribution >= 4 is 51.2 Å². The van der Waals surface area contributed by atoms with Crippen molar-refractivity contribution in [3.8, 4) is 11.5 Å². The van der Waals surface area contributed by atoms with Crippen molar-refractivity contribution in [2.45, 2.75) is 6.92 Å². The summed E-state index contributed by atoms with van der Waals surface area (Å²) in [5.41, 5.74) is 5.00. The van der Waals surface area contributed by atoms with Crippen molar-refractivity contribution in [1.82, 2.24) is 10.4 Å². The van der Waals surface area contributed by atoms with Crippen molar-refractivity contribution in [2.24, 2.45) is 5.10 Å². The Hall–Kier alpha value is -3.43. The van der Waals surface area contributed by atoms with Crippen LogP contribution in [0.3, 0.4) is 0 Å². The molecule has 2 aromatic carbocycles. The molecule has 1 aromatic heterocycles. The van der Waals surface area contributed by atoms with E-state index in [0.29, 0.717) is 27.2 Å². The van der Waals surface area contributed by atoms with E-state index in [1.165, 1.54) is 19.5 Å². The largest absolute Gasteiger partial charge is 0.493 e. The maximum atomic E-state index is 12.2. The van der Waals surface area contributed by atoms with Gasteiger partial charge >= 0.3 is 0 Å². The fraction of sp³-hybridized carbons (Fsp3) is 0.130. The number of carbonyl (C=O) groups excluding carboxylic acids is 2. The number of ether oxygens (including phenoxy) is 2. The number of anilines is 1. The van der Waals surface area contributed by atoms with Crippen LogP contribution in [-0.2, 0) is 4.79 Å². The molecule has 0 aliphatic heterocycles. The molecule has 10 heteroatoms. The standard InChI is InChI=1S/C23H20BrClN4O4/c1-14-5-7-16(8-6-14)28-20(30)13-33-21-18(24)10-15(11-19(21)32-2)12-27-29-23(31)17-4-3-9-26-22(17)25/h3-12H,13H2,1-2H3,(H,28,30)(H,29,31). The monoisotopic (exact) mass is 530 g/mol. The number of methoxy groups -OCH3 is 1. The Morgan fingerprint density at radius 1 is 1.21 bits per heavy atom. The molecule has 3 rings (SSSR count). The summed E-state index contributed by atoms with van der Waals surface area (Å²) in [5, 5.41) is 6.79. The summed E-state index contributed by atoms with van der Waals surface area (Å²) >= 11 is 9.33. The molecule has 0 atom stereocenters. The zero-order valence-electron chi connectivity index (χ0n) is 17.8. The van der Waals surface area contributed by atoms with E-state index in [-0.39, 0.29) is 23.2 Å². The number of hydrazone groups is 1. The van der Waals surface area contributed by atoms with Gasteiger partial charge in [0.05, 0.1) is 23.4 Å². The number of halogens is 2. The predicted octanol–water partition coefficient (Wildman–Crippen LogP) is 4.60. The van der Waals surface area contributed by atoms with Crippen LogP contribution < -0.4 is 20.2 Å². The number of hydrogen-bond donors (Lipinski definition) is 2. The third-order valence-electron chi connectivity index (χ3n) is 4.32. The molecule has 3 aromatic rings. The normalized spacial score (nSPS) is 10.7. The van der Waals surface area contributed by atoms with Crippen molar-refractivity contribution in [3.05, 3.63) is 81.0 Å². The van der Waals surface area contributed by atoms with Gasteiger partial charge in [-0.2, -0.15) is 5.10 Å². The van der Waals surface area contributed by atoms with Gasteiger partial charge in [-0.3, -0.25) is 9.59 Å². The number of nitrogens with one attached hydrogen (secondary N) is 2. The summed E-state index contributed by atoms with van der Waals surface area (Å²) < 4.78 is 11.6. The van der Waals surface area contributed by atoms with Gasteiger partial charge in [-0.15, -0.1) is 0 Å². The summed E-state index contributed by atoms with van der Waals surface area (Å²) in [6.07, 6.45) is 2.92. The number of amides is 2. The van der Waals surface area contributed by atoms with E-state index < -0.39 is 5.91 Å². The fourth-order valence-corrected chi connectivity index (χ4v) is 3.49. The molecule has 0 radical (unpaired) electrons. The van der Waals surface area contributed by atoms with Gasteiger partial charge in [0.15, 0.2) is 18.1 Å². The first-order chi connectivity index (χ1) is 15.9. The van der Waals surface area contributed by atoms with Gasteiger partial charge in [0.1, 0.15) is 5.15 Å². The lowest BCUT2D eigenvalue weighted by Crippen LogP contribution is -2.20. The van der Waals surface area contributed by atoms with Gasteiger partial charge in [-0.1, -0.05) is 29.3 Å². The highest BCUT2D eigenvalue weighted by Crippen LogP contribution is 2.36. The average molecular weight is 532 g/mol. The molecular weight excluding hydrogens is 512 g/mol. The van der Waals surface area contributed by atoms with E-state index in [1.54, 1.807) is 24.3 Å². The molecule has 2 amide bonds. The molecule has 0 saturated heterocycles. The number of benzene rings is 2. The first-order valence-corrected chi connectivity index (χ1v) is 10.8. The number of pyridine rings is 1. The number of carbonyl (C=O) groups is 2. The zero-order valence-corrected chi connectivity index (χ0v) is 20.1. The highest BCUT2D eigenvalue weighted by atomic mass is 79.9. The first kappa shape index (κ1) is 24.2. The lowest BCUT2D eigenvalue weighted by molar-refractivity contribution is -0.118. The van der Waals surface area contributed by atoms with Crippen LogP contribution in [0.4, 0.5) is 5.69 Å². The lowest BCUT2D eigenvalue weighted by Gasteiger charge is -2.13. The molecule has 0 aliphatic rings. The van der Waals surface area contributed by atoms with E-state index in [2.05, 4.69) is 36.8 Å². The molecule has 0 spiro atoms. The Labute approximate surface area is 204 Å². The molecule has 8 nitrogen and oxygen atoms in total. The molecule has 0 bridgehead atoms. The van der Waals surface area contributed by atoms with Crippen LogP contribution in [0.2, 0.25) is 5.15 Å². The quantitative estimate of drug-likeness (QED) is 0.251. The lowest BCUT2D eigenvalue weighted by atomic mass is 10.2. The molecule has 1 heterocycles. The molecule has 170 valence electrons. The van der Waals surface area contributed by atoms with Gasteiger partial charge in [0.2, 0.25) is 0 Å². The topological polar surface area (TPSA) is 102 Å². The van der Waals surface area contributed by atoms with Gasteiger partial charge < -0.3 is 14.8 Å². The Kier molecular flexibility index (Phi) is 8.39. The average Bonchev–Trinajstić information content (AvgIpc) is 2.79. The van der Waals surface area contributed by atoms with Gasteiger partial charge in [0, 0.05) is 11.9 Å². The second kappa shape index (κ2) is 11.4. The summed E-state index contributed by atoms with van der Waals surface area (Å²) in [7, 11) is 1.48. The van der Waals surface area contributed by atoms with Crippen LogP contribution in [0.25, 0.3) is 0 Å². The second-order valence-corrected chi connectivity index (χ2v) is 7.99. The third-order valence-corrected chi connectivity index (χ3v) is 5.21. The van der Waals surface area contributed by atoms with Crippen LogP contribution in [0.15, 0.2) is 64.3 Å². The number of hydrogen-bond acceptors (Lipinski definition) is 6. The summed E-state index contributed by atoms with van der Waals surface area (Å²) in [6, 6.07) is 14.0. The van der Waals surface area contributed by atoms with Crippen LogP contribution in [0.5, 0.6) is 11.5 Å². The molecule has 33 heavy (non-hydrogen) atoms. The minimum Gasteiger partial charge on any atom is -0.493 e. The van der Waals surface area contributed by atoms with E-state index in [0.717, 1.165) is 5.56 Å². The molecule has 0 aliphatic carbocycles. The van der Waals surface area contributed by atoms with Crippen molar-refractivity contribution in [1.29, 1.82) is 0 Å².